The lowest BCUT2D eigenvalue weighted by atomic mass is 10.0. The van der Waals surface area contributed by atoms with E-state index in [1.54, 1.807) is 0 Å². The number of aromatic nitrogens is 1. The van der Waals surface area contributed by atoms with Gasteiger partial charge in [-0.1, -0.05) is 103 Å². The largest absolute Gasteiger partial charge is 0.456 e. The van der Waals surface area contributed by atoms with Crippen LogP contribution < -0.4 is 4.90 Å². The van der Waals surface area contributed by atoms with E-state index in [0.29, 0.717) is 5.89 Å². The van der Waals surface area contributed by atoms with Crippen LogP contribution in [0.15, 0.2) is 167 Å². The van der Waals surface area contributed by atoms with Gasteiger partial charge in [0, 0.05) is 33.1 Å². The first-order valence-corrected chi connectivity index (χ1v) is 15.0. The van der Waals surface area contributed by atoms with Crippen LogP contribution in [0.2, 0.25) is 0 Å². The van der Waals surface area contributed by atoms with Crippen LogP contribution in [0, 0.1) is 0 Å². The van der Waals surface area contributed by atoms with E-state index in [1.165, 1.54) is 0 Å². The van der Waals surface area contributed by atoms with E-state index in [4.69, 9.17) is 13.8 Å². The summed E-state index contributed by atoms with van der Waals surface area (Å²) in [6.07, 6.45) is 0. The van der Waals surface area contributed by atoms with Crippen LogP contribution in [0.25, 0.3) is 66.4 Å². The second-order valence-electron chi connectivity index (χ2n) is 11.2. The highest BCUT2D eigenvalue weighted by Gasteiger charge is 2.23. The van der Waals surface area contributed by atoms with Gasteiger partial charge in [-0.05, 0) is 71.1 Å². The van der Waals surface area contributed by atoms with Gasteiger partial charge in [0.05, 0.1) is 5.69 Å². The van der Waals surface area contributed by atoms with Gasteiger partial charge in [-0.25, -0.2) is 4.98 Å². The average molecular weight is 579 g/mol. The topological polar surface area (TPSA) is 42.4 Å². The van der Waals surface area contributed by atoms with Gasteiger partial charge in [0.2, 0.25) is 5.89 Å². The van der Waals surface area contributed by atoms with Crippen molar-refractivity contribution < 1.29 is 8.83 Å². The van der Waals surface area contributed by atoms with Gasteiger partial charge in [0.15, 0.2) is 5.58 Å². The predicted molar refractivity (Wildman–Crippen MR) is 184 cm³/mol. The molecule has 9 rings (SSSR count). The minimum absolute atomic E-state index is 0.595. The summed E-state index contributed by atoms with van der Waals surface area (Å²) < 4.78 is 12.9. The van der Waals surface area contributed by atoms with E-state index in [9.17, 15) is 0 Å². The van der Waals surface area contributed by atoms with E-state index in [2.05, 4.69) is 114 Å². The molecule has 0 unspecified atom stereocenters. The number of furan rings is 1. The fourth-order valence-corrected chi connectivity index (χ4v) is 6.33. The van der Waals surface area contributed by atoms with Crippen molar-refractivity contribution in [2.45, 2.75) is 0 Å². The number of anilines is 3. The Morgan fingerprint density at radius 3 is 1.96 bits per heavy atom. The molecule has 0 saturated heterocycles. The fourth-order valence-electron chi connectivity index (χ4n) is 6.33. The third kappa shape index (κ3) is 4.27. The van der Waals surface area contributed by atoms with E-state index in [-0.39, 0.29) is 0 Å². The van der Waals surface area contributed by atoms with Crippen LogP contribution in [0.4, 0.5) is 17.1 Å². The molecule has 0 atom stereocenters. The number of oxazole rings is 1. The van der Waals surface area contributed by atoms with Crippen molar-refractivity contribution in [1.29, 1.82) is 0 Å². The number of hydrogen-bond donors (Lipinski definition) is 0. The minimum Gasteiger partial charge on any atom is -0.456 e. The molecule has 4 heteroatoms. The molecule has 0 spiro atoms. The maximum absolute atomic E-state index is 6.70. The summed E-state index contributed by atoms with van der Waals surface area (Å²) in [5.74, 6) is 0.595. The van der Waals surface area contributed by atoms with Crippen LogP contribution in [-0.4, -0.2) is 4.98 Å². The molecular formula is C41H26N2O2. The molecule has 2 heterocycles. The number of fused-ring (bicyclic) bond motifs is 6. The molecule has 0 aliphatic carbocycles. The highest BCUT2D eigenvalue weighted by molar-refractivity contribution is 6.12. The summed E-state index contributed by atoms with van der Waals surface area (Å²) in [5, 5.41) is 4.29. The molecule has 0 amide bonds. The Balaban J connectivity index is 1.35. The van der Waals surface area contributed by atoms with Crippen molar-refractivity contribution in [2.24, 2.45) is 0 Å². The van der Waals surface area contributed by atoms with Crippen molar-refractivity contribution >= 4 is 60.9 Å². The maximum Gasteiger partial charge on any atom is 0.227 e. The predicted octanol–water partition coefficient (Wildman–Crippen LogP) is 11.7. The Labute approximate surface area is 259 Å². The molecule has 212 valence electrons. The summed E-state index contributed by atoms with van der Waals surface area (Å²) in [5.41, 5.74) is 9.44. The van der Waals surface area contributed by atoms with Gasteiger partial charge >= 0.3 is 0 Å². The number of benzene rings is 7. The molecular weight excluding hydrogens is 552 g/mol. The lowest BCUT2D eigenvalue weighted by molar-refractivity contribution is 0.620. The van der Waals surface area contributed by atoms with Crippen LogP contribution in [0.1, 0.15) is 0 Å². The zero-order chi connectivity index (χ0) is 29.7. The number of para-hydroxylation sites is 1. The SMILES string of the molecule is c1ccc(-c2cccc(N(c3ccc4oc5ccccc5c4c3)c3cc4ccccc4c4nc(-c5ccccc5)oc34)c2)cc1. The third-order valence-corrected chi connectivity index (χ3v) is 8.46. The summed E-state index contributed by atoms with van der Waals surface area (Å²) in [6.45, 7) is 0. The lowest BCUT2D eigenvalue weighted by Gasteiger charge is -2.26. The molecule has 0 radical (unpaired) electrons. The first-order chi connectivity index (χ1) is 22.3. The van der Waals surface area contributed by atoms with Crippen LogP contribution in [-0.2, 0) is 0 Å². The smallest absolute Gasteiger partial charge is 0.227 e. The Kier molecular flexibility index (Phi) is 5.78. The molecule has 45 heavy (non-hydrogen) atoms. The van der Waals surface area contributed by atoms with E-state index in [1.807, 2.05) is 48.5 Å². The second kappa shape index (κ2) is 10.2. The van der Waals surface area contributed by atoms with Gasteiger partial charge in [-0.15, -0.1) is 0 Å². The van der Waals surface area contributed by atoms with Gasteiger partial charge in [-0.3, -0.25) is 0 Å². The normalized spacial score (nSPS) is 11.6. The van der Waals surface area contributed by atoms with E-state index < -0.39 is 0 Å². The minimum atomic E-state index is 0.595. The van der Waals surface area contributed by atoms with Crippen LogP contribution in [0.5, 0.6) is 0 Å². The zero-order valence-electron chi connectivity index (χ0n) is 24.2. The molecule has 0 N–H and O–H groups in total. The van der Waals surface area contributed by atoms with E-state index >= 15 is 0 Å². The highest BCUT2D eigenvalue weighted by atomic mass is 16.3. The van der Waals surface area contributed by atoms with E-state index in [0.717, 1.165) is 77.6 Å². The summed E-state index contributed by atoms with van der Waals surface area (Å²) in [6, 6.07) is 54.4. The third-order valence-electron chi connectivity index (χ3n) is 8.46. The first kappa shape index (κ1) is 25.4. The number of hydrogen-bond acceptors (Lipinski definition) is 4. The standard InChI is InChI=1S/C41H26N2O2/c1-3-12-27(13-4-1)29-17-11-18-31(24-29)43(32-22-23-38-35(26-32)34-20-9-10-21-37(34)44-38)36-25-30-16-7-8-19-33(30)39-40(36)45-41(42-39)28-14-5-2-6-15-28/h1-26H. The lowest BCUT2D eigenvalue weighted by Crippen LogP contribution is -2.10. The highest BCUT2D eigenvalue weighted by Crippen LogP contribution is 2.45. The molecule has 0 aliphatic rings. The van der Waals surface area contributed by atoms with Gasteiger partial charge in [0.25, 0.3) is 0 Å². The molecule has 7 aromatic carbocycles. The van der Waals surface area contributed by atoms with Gasteiger partial charge in [-0.2, -0.15) is 0 Å². The van der Waals surface area contributed by atoms with Gasteiger partial charge in [0.1, 0.15) is 16.7 Å². The van der Waals surface area contributed by atoms with Crippen molar-refractivity contribution in [3.8, 4) is 22.6 Å². The summed E-state index contributed by atoms with van der Waals surface area (Å²) in [7, 11) is 0. The number of nitrogens with zero attached hydrogens (tertiary/aromatic N) is 2. The van der Waals surface area contributed by atoms with Crippen molar-refractivity contribution in [2.75, 3.05) is 4.90 Å². The van der Waals surface area contributed by atoms with Crippen molar-refractivity contribution in [3.63, 3.8) is 0 Å². The quantitative estimate of drug-likeness (QED) is 0.204. The van der Waals surface area contributed by atoms with Crippen molar-refractivity contribution in [1.82, 2.24) is 4.98 Å². The Morgan fingerprint density at radius 2 is 1.11 bits per heavy atom. The Hall–Kier alpha value is -6.13. The maximum atomic E-state index is 6.70. The monoisotopic (exact) mass is 578 g/mol. The molecule has 2 aromatic heterocycles. The first-order valence-electron chi connectivity index (χ1n) is 15.0. The molecule has 0 bridgehead atoms. The molecule has 0 aliphatic heterocycles. The number of rotatable bonds is 5. The Morgan fingerprint density at radius 1 is 0.444 bits per heavy atom. The zero-order valence-corrected chi connectivity index (χ0v) is 24.2. The van der Waals surface area contributed by atoms with Crippen molar-refractivity contribution in [3.05, 3.63) is 158 Å². The summed E-state index contributed by atoms with van der Waals surface area (Å²) in [4.78, 5) is 7.36. The van der Waals surface area contributed by atoms with Gasteiger partial charge < -0.3 is 13.7 Å². The molecule has 4 nitrogen and oxygen atoms in total. The second-order valence-corrected chi connectivity index (χ2v) is 11.2. The van der Waals surface area contributed by atoms with Crippen LogP contribution in [0.3, 0.4) is 0 Å². The molecule has 0 saturated carbocycles. The average Bonchev–Trinajstić information content (AvgIpc) is 3.72. The molecule has 9 aromatic rings. The van der Waals surface area contributed by atoms with Crippen LogP contribution >= 0.6 is 0 Å². The summed E-state index contributed by atoms with van der Waals surface area (Å²) >= 11 is 0. The Bertz CT molecular complexity index is 2490. The fraction of sp³-hybridized carbons (Fsp3) is 0. The molecule has 0 fully saturated rings.